The van der Waals surface area contributed by atoms with Crippen LogP contribution in [0.2, 0.25) is 0 Å². The fourth-order valence-electron chi connectivity index (χ4n) is 0. The average Bonchev–Trinajstić information content (AvgIpc) is 0.811. The van der Waals surface area contributed by atoms with Crippen LogP contribution >= 0.6 is 9.12 Å². The van der Waals surface area contributed by atoms with Crippen LogP contribution in [0, 0.1) is 0 Å². The molecule has 0 aromatic heterocycles. The van der Waals surface area contributed by atoms with Crippen molar-refractivity contribution in [2.24, 2.45) is 5.64 Å². The molecule has 20 valence electrons. The van der Waals surface area contributed by atoms with Crippen molar-refractivity contribution in [1.29, 1.82) is 0 Å². The fraction of sp³-hybridized carbons (Fsp3) is 0. The Morgan fingerprint density at radius 1 is 2.00 bits per heavy atom. The zero-order valence-electron chi connectivity index (χ0n) is 2.31. The van der Waals surface area contributed by atoms with Crippen molar-refractivity contribution < 1.29 is 0 Å². The molecule has 1 unspecified atom stereocenters. The normalized spacial score (nSPS) is 6.50. The number of hydrogen-bond donors (Lipinski definition) is 1. The molecule has 4 heteroatoms. The van der Waals surface area contributed by atoms with Crippen molar-refractivity contribution in [2.45, 2.75) is 0 Å². The molecule has 0 bridgehead atoms. The molecule has 0 aliphatic heterocycles. The molecular weight excluding hydrogens is 66.6 g/mol. The molecule has 0 aromatic carbocycles. The van der Waals surface area contributed by atoms with Crippen LogP contribution in [-0.2, 0) is 0 Å². The minimum absolute atomic E-state index is 0.250. The highest BCUT2D eigenvalue weighted by molar-refractivity contribution is 7.71. The van der Waals surface area contributed by atoms with E-state index in [4.69, 9.17) is 13.4 Å². The maximum atomic E-state index is 4.85. The highest BCUT2D eigenvalue weighted by Crippen LogP contribution is 1.69. The summed E-state index contributed by atoms with van der Waals surface area (Å²) in [6, 6.07) is 0. The summed E-state index contributed by atoms with van der Waals surface area (Å²) in [6.45, 7) is -0.250. The van der Waals surface area contributed by atoms with Gasteiger partial charge in [0, 0.05) is 0 Å². The lowest BCUT2D eigenvalue weighted by Crippen LogP contribution is -2.15. The molecule has 0 aliphatic rings. The Morgan fingerprint density at radius 2 is 2.00 bits per heavy atom. The molecule has 0 amide bonds. The molecule has 0 saturated carbocycles. The third-order valence-corrected chi connectivity index (χ3v) is 0. The summed E-state index contributed by atoms with van der Waals surface area (Å²) in [5, 5.41) is 0. The van der Waals surface area contributed by atoms with Gasteiger partial charge in [0.25, 0.3) is 0 Å². The fourth-order valence-corrected chi connectivity index (χ4v) is 0. The lowest BCUT2D eigenvalue weighted by atomic mass is 9.66. The summed E-state index contributed by atoms with van der Waals surface area (Å²) in [5.74, 6) is 0. The topological polar surface area (TPSA) is 26.0 Å². The maximum Gasteiger partial charge on any atom is 0.185 e. The van der Waals surface area contributed by atoms with E-state index in [2.05, 4.69) is 9.12 Å². The highest BCUT2D eigenvalue weighted by Gasteiger charge is 1.76. The third-order valence-electron chi connectivity index (χ3n) is 0. The molecule has 1 atom stereocenters. The Balaban J connectivity index is 2.32. The molecule has 0 fully saturated rings. The van der Waals surface area contributed by atoms with E-state index in [0.717, 1.165) is 0 Å². The summed E-state index contributed by atoms with van der Waals surface area (Å²) in [5.41, 5.74) is 4.85. The molecule has 2 radical (unpaired) electrons. The van der Waals surface area contributed by atoms with E-state index >= 15 is 0 Å². The number of rotatable bonds is 0. The van der Waals surface area contributed by atoms with Crippen LogP contribution in [0.15, 0.2) is 0 Å². The molecular formula is H4B2NP. The predicted molar refractivity (Wildman–Crippen MR) is 25.4 cm³/mol. The van der Waals surface area contributed by atoms with Gasteiger partial charge in [-0.15, -0.1) is 0 Å². The zero-order valence-corrected chi connectivity index (χ0v) is 3.46. The maximum absolute atomic E-state index is 4.85. The van der Waals surface area contributed by atoms with Gasteiger partial charge in [0.15, 0.2) is 6.46 Å². The first-order valence-corrected chi connectivity index (χ1v) is 1.67. The van der Waals surface area contributed by atoms with Gasteiger partial charge in [-0.1, -0.05) is 0 Å². The van der Waals surface area contributed by atoms with E-state index in [1.807, 2.05) is 0 Å². The lowest BCUT2D eigenvalue weighted by Gasteiger charge is -1.74. The smallest absolute Gasteiger partial charge is 0.185 e. The van der Waals surface area contributed by atoms with Crippen LogP contribution in [-0.4, -0.2) is 14.2 Å². The second-order valence-corrected chi connectivity index (χ2v) is 1.35. The molecule has 0 spiro atoms. The molecule has 0 aliphatic carbocycles. The van der Waals surface area contributed by atoms with E-state index in [-0.39, 0.29) is 6.46 Å². The molecule has 0 saturated heterocycles. The Morgan fingerprint density at radius 3 is 2.00 bits per heavy atom. The Hall–Kier alpha value is 0.520. The number of nitrogens with two attached hydrogens (primary N) is 1. The van der Waals surface area contributed by atoms with E-state index in [1.165, 1.54) is 0 Å². The lowest BCUT2D eigenvalue weighted by molar-refractivity contribution is 1.96. The van der Waals surface area contributed by atoms with Crippen molar-refractivity contribution in [2.75, 3.05) is 0 Å². The van der Waals surface area contributed by atoms with Crippen molar-refractivity contribution in [3.8, 4) is 0 Å². The van der Waals surface area contributed by atoms with Crippen LogP contribution in [0.5, 0.6) is 0 Å². The Bertz CT molecular complexity index is 10.8. The van der Waals surface area contributed by atoms with Crippen molar-refractivity contribution >= 4 is 23.3 Å². The van der Waals surface area contributed by atoms with Gasteiger partial charge >= 0.3 is 0 Å². The largest absolute Gasteiger partial charge is 0.373 e. The van der Waals surface area contributed by atoms with Gasteiger partial charge in [-0.25, -0.2) is 0 Å². The molecule has 0 aromatic rings. The minimum Gasteiger partial charge on any atom is -0.373 e. The van der Waals surface area contributed by atoms with Gasteiger partial charge in [-0.2, -0.15) is 9.12 Å². The van der Waals surface area contributed by atoms with Crippen molar-refractivity contribution in [1.82, 2.24) is 0 Å². The van der Waals surface area contributed by atoms with Gasteiger partial charge in [0.05, 0.1) is 7.74 Å². The highest BCUT2D eigenvalue weighted by atomic mass is 31.0. The van der Waals surface area contributed by atoms with Crippen LogP contribution in [0.1, 0.15) is 0 Å². The van der Waals surface area contributed by atoms with Gasteiger partial charge in [-0.05, 0) is 0 Å². The van der Waals surface area contributed by atoms with Gasteiger partial charge in [-0.3, -0.25) is 0 Å². The first-order chi connectivity index (χ1) is 1.73. The first-order valence-electron chi connectivity index (χ1n) is 1.00. The molecule has 0 rings (SSSR count). The van der Waals surface area contributed by atoms with Crippen LogP contribution < -0.4 is 5.64 Å². The second kappa shape index (κ2) is 1.80. The van der Waals surface area contributed by atoms with E-state index < -0.39 is 0 Å². The van der Waals surface area contributed by atoms with Gasteiger partial charge < -0.3 is 5.64 Å². The zero-order chi connectivity index (χ0) is 3.58. The summed E-state index contributed by atoms with van der Waals surface area (Å²) < 4.78 is 0. The standard InChI is InChI=1S/B2H4NP/c1-2(3)4/h3-4H2. The quantitative estimate of drug-likeness (QED) is 0.286. The minimum atomic E-state index is -0.250. The SMILES string of the molecule is [B]B(N)P. The molecule has 4 heavy (non-hydrogen) atoms. The average molecular weight is 70.6 g/mol. The van der Waals surface area contributed by atoms with Crippen molar-refractivity contribution in [3.05, 3.63) is 0 Å². The number of hydrogen-bond acceptors (Lipinski definition) is 1. The van der Waals surface area contributed by atoms with Crippen molar-refractivity contribution in [3.63, 3.8) is 0 Å². The van der Waals surface area contributed by atoms with Gasteiger partial charge in [0.2, 0.25) is 0 Å². The van der Waals surface area contributed by atoms with Crippen LogP contribution in [0.25, 0.3) is 0 Å². The molecule has 2 N–H and O–H groups in total. The summed E-state index contributed by atoms with van der Waals surface area (Å²) in [6.07, 6.45) is 0. The van der Waals surface area contributed by atoms with Crippen LogP contribution in [0.4, 0.5) is 0 Å². The van der Waals surface area contributed by atoms with E-state index in [1.54, 1.807) is 0 Å². The summed E-state index contributed by atoms with van der Waals surface area (Å²) >= 11 is 0. The first kappa shape index (κ1) is 4.52. The molecule has 1 nitrogen and oxygen atoms in total. The monoisotopic (exact) mass is 71.0 g/mol. The van der Waals surface area contributed by atoms with Gasteiger partial charge in [0.1, 0.15) is 0 Å². The van der Waals surface area contributed by atoms with E-state index in [9.17, 15) is 0 Å². The van der Waals surface area contributed by atoms with E-state index in [0.29, 0.717) is 0 Å². The predicted octanol–water partition coefficient (Wildman–Crippen LogP) is -1.03. The summed E-state index contributed by atoms with van der Waals surface area (Å²) in [4.78, 5) is 0. The molecule has 0 heterocycles. The Labute approximate surface area is 30.0 Å². The second-order valence-electron chi connectivity index (χ2n) is 0.577. The third kappa shape index (κ3) is 21.5. The summed E-state index contributed by atoms with van der Waals surface area (Å²) in [7, 11) is 7.06. The Kier molecular flexibility index (Phi) is 2.04. The van der Waals surface area contributed by atoms with Crippen LogP contribution in [0.3, 0.4) is 0 Å².